The molecule has 2 heterocycles. The van der Waals surface area contributed by atoms with E-state index in [9.17, 15) is 14.9 Å². The summed E-state index contributed by atoms with van der Waals surface area (Å²) in [5, 5.41) is 19.9. The van der Waals surface area contributed by atoms with Gasteiger partial charge in [0.2, 0.25) is 5.91 Å². The Morgan fingerprint density at radius 3 is 2.85 bits per heavy atom. The highest BCUT2D eigenvalue weighted by Gasteiger charge is 2.21. The number of carbonyl (C=O) groups excluding carboxylic acids is 1. The highest BCUT2D eigenvalue weighted by Crippen LogP contribution is 2.21. The Kier molecular flexibility index (Phi) is 4.08. The predicted molar refractivity (Wildman–Crippen MR) is 73.7 cm³/mol. The van der Waals surface area contributed by atoms with Crippen LogP contribution in [0.4, 0.5) is 10.8 Å². The summed E-state index contributed by atoms with van der Waals surface area (Å²) < 4.78 is 1.48. The number of hydrogen-bond acceptors (Lipinski definition) is 6. The normalized spacial score (nSPS) is 10.5. The smallest absolute Gasteiger partial charge is 0.302 e. The van der Waals surface area contributed by atoms with Crippen molar-refractivity contribution in [1.82, 2.24) is 14.8 Å². The van der Waals surface area contributed by atoms with E-state index in [2.05, 4.69) is 15.4 Å². The van der Waals surface area contributed by atoms with Crippen LogP contribution < -0.4 is 5.32 Å². The first-order valence-electron chi connectivity index (χ1n) is 5.86. The zero-order valence-electron chi connectivity index (χ0n) is 11.0. The van der Waals surface area contributed by atoms with Gasteiger partial charge in [-0.25, -0.2) is 4.98 Å². The van der Waals surface area contributed by atoms with Gasteiger partial charge in [-0.3, -0.25) is 19.6 Å². The van der Waals surface area contributed by atoms with Gasteiger partial charge in [0, 0.05) is 18.0 Å². The molecule has 9 heteroatoms. The number of rotatable bonds is 5. The lowest BCUT2D eigenvalue weighted by Gasteiger charge is -2.03. The zero-order chi connectivity index (χ0) is 14.7. The maximum Gasteiger partial charge on any atom is 0.312 e. The van der Waals surface area contributed by atoms with Crippen LogP contribution in [0.15, 0.2) is 11.6 Å². The highest BCUT2D eigenvalue weighted by molar-refractivity contribution is 7.13. The van der Waals surface area contributed by atoms with Crippen molar-refractivity contribution >= 4 is 28.1 Å². The number of carbonyl (C=O) groups is 1. The van der Waals surface area contributed by atoms with E-state index in [0.29, 0.717) is 16.5 Å². The molecule has 0 aliphatic heterocycles. The summed E-state index contributed by atoms with van der Waals surface area (Å²) >= 11 is 1.33. The average molecular weight is 295 g/mol. The van der Waals surface area contributed by atoms with Crippen LogP contribution in [0, 0.1) is 24.0 Å². The van der Waals surface area contributed by atoms with Crippen molar-refractivity contribution in [3.05, 3.63) is 33.1 Å². The molecule has 1 amide bonds. The van der Waals surface area contributed by atoms with Crippen LogP contribution in [0.5, 0.6) is 0 Å². The second-order valence-corrected chi connectivity index (χ2v) is 5.03. The number of aryl methyl sites for hydroxylation is 2. The molecule has 0 saturated heterocycles. The van der Waals surface area contributed by atoms with Gasteiger partial charge in [-0.15, -0.1) is 11.3 Å². The molecule has 0 saturated carbocycles. The Morgan fingerprint density at radius 2 is 2.30 bits per heavy atom. The van der Waals surface area contributed by atoms with E-state index >= 15 is 0 Å². The van der Waals surface area contributed by atoms with Gasteiger partial charge in [-0.1, -0.05) is 0 Å². The van der Waals surface area contributed by atoms with Crippen LogP contribution in [0.2, 0.25) is 0 Å². The lowest BCUT2D eigenvalue weighted by molar-refractivity contribution is -0.386. The fraction of sp³-hybridized carbons (Fsp3) is 0.364. The van der Waals surface area contributed by atoms with E-state index in [1.807, 2.05) is 0 Å². The number of hydrogen-bond donors (Lipinski definition) is 1. The third-order valence-corrected chi connectivity index (χ3v) is 3.44. The minimum Gasteiger partial charge on any atom is -0.302 e. The Labute approximate surface area is 118 Å². The molecule has 0 radical (unpaired) electrons. The topological polar surface area (TPSA) is 103 Å². The lowest BCUT2D eigenvalue weighted by atomic mass is 10.3. The monoisotopic (exact) mass is 295 g/mol. The number of nitrogens with one attached hydrogen (secondary N) is 1. The molecule has 2 aromatic heterocycles. The SMILES string of the molecule is Cc1nn(CCC(=O)Nc2nccs2)c(C)c1[N+](=O)[O-]. The molecule has 0 spiro atoms. The van der Waals surface area contributed by atoms with Gasteiger partial charge in [0.25, 0.3) is 0 Å². The van der Waals surface area contributed by atoms with Crippen molar-refractivity contribution in [1.29, 1.82) is 0 Å². The molecule has 0 aromatic carbocycles. The van der Waals surface area contributed by atoms with E-state index in [1.165, 1.54) is 16.0 Å². The van der Waals surface area contributed by atoms with E-state index in [0.717, 1.165) is 0 Å². The van der Waals surface area contributed by atoms with Crippen molar-refractivity contribution in [3.63, 3.8) is 0 Å². The standard InChI is InChI=1S/C11H13N5O3S/c1-7-10(16(18)19)8(2)15(14-7)5-3-9(17)13-11-12-4-6-20-11/h4,6H,3,5H2,1-2H3,(H,12,13,17). The van der Waals surface area contributed by atoms with Gasteiger partial charge in [0.05, 0.1) is 11.5 Å². The predicted octanol–water partition coefficient (Wildman–Crippen LogP) is 1.89. The van der Waals surface area contributed by atoms with Crippen LogP contribution in [0.25, 0.3) is 0 Å². The Balaban J connectivity index is 1.99. The summed E-state index contributed by atoms with van der Waals surface area (Å²) in [4.78, 5) is 26.1. The summed E-state index contributed by atoms with van der Waals surface area (Å²) in [6, 6.07) is 0. The van der Waals surface area contributed by atoms with Crippen molar-refractivity contribution in [3.8, 4) is 0 Å². The Bertz CT molecular complexity index is 635. The summed E-state index contributed by atoms with van der Waals surface area (Å²) in [7, 11) is 0. The van der Waals surface area contributed by atoms with E-state index in [4.69, 9.17) is 0 Å². The third kappa shape index (κ3) is 2.99. The summed E-state index contributed by atoms with van der Waals surface area (Å²) in [6.45, 7) is 3.49. The molecule has 0 atom stereocenters. The Morgan fingerprint density at radius 1 is 1.55 bits per heavy atom. The van der Waals surface area contributed by atoms with Gasteiger partial charge in [0.1, 0.15) is 11.4 Å². The molecule has 0 unspecified atom stereocenters. The molecule has 106 valence electrons. The second-order valence-electron chi connectivity index (χ2n) is 4.14. The highest BCUT2D eigenvalue weighted by atomic mass is 32.1. The van der Waals surface area contributed by atoms with E-state index in [1.54, 1.807) is 25.4 Å². The summed E-state index contributed by atoms with van der Waals surface area (Å²) in [6.07, 6.45) is 1.78. The van der Waals surface area contributed by atoms with E-state index in [-0.39, 0.29) is 24.6 Å². The molecule has 0 fully saturated rings. The first kappa shape index (κ1) is 14.1. The molecule has 2 rings (SSSR count). The molecular formula is C11H13N5O3S. The van der Waals surface area contributed by atoms with Crippen LogP contribution >= 0.6 is 11.3 Å². The average Bonchev–Trinajstić information content (AvgIpc) is 2.95. The van der Waals surface area contributed by atoms with Gasteiger partial charge < -0.3 is 5.32 Å². The molecular weight excluding hydrogens is 282 g/mol. The van der Waals surface area contributed by atoms with Crippen LogP contribution in [-0.2, 0) is 11.3 Å². The molecule has 1 N–H and O–H groups in total. The number of anilines is 1. The van der Waals surface area contributed by atoms with Crippen molar-refractivity contribution in [2.24, 2.45) is 0 Å². The van der Waals surface area contributed by atoms with Crippen molar-refractivity contribution in [2.45, 2.75) is 26.8 Å². The quantitative estimate of drug-likeness (QED) is 0.670. The number of amides is 1. The summed E-state index contributed by atoms with van der Waals surface area (Å²) in [5.74, 6) is -0.199. The molecule has 0 aliphatic rings. The van der Waals surface area contributed by atoms with Crippen molar-refractivity contribution < 1.29 is 9.72 Å². The fourth-order valence-electron chi connectivity index (χ4n) is 1.84. The first-order valence-corrected chi connectivity index (χ1v) is 6.74. The molecule has 2 aromatic rings. The Hall–Kier alpha value is -2.29. The van der Waals surface area contributed by atoms with Crippen LogP contribution in [0.3, 0.4) is 0 Å². The largest absolute Gasteiger partial charge is 0.312 e. The molecule has 8 nitrogen and oxygen atoms in total. The first-order chi connectivity index (χ1) is 9.49. The maximum atomic E-state index is 11.7. The van der Waals surface area contributed by atoms with Crippen LogP contribution in [-0.4, -0.2) is 25.6 Å². The number of thiazole rings is 1. The maximum absolute atomic E-state index is 11.7. The number of nitrogens with zero attached hydrogens (tertiary/aromatic N) is 4. The van der Waals surface area contributed by atoms with Gasteiger partial charge in [-0.2, -0.15) is 5.10 Å². The van der Waals surface area contributed by atoms with Gasteiger partial charge in [0.15, 0.2) is 5.13 Å². The second kappa shape index (κ2) is 5.78. The third-order valence-electron chi connectivity index (χ3n) is 2.76. The minimum atomic E-state index is -0.455. The molecule has 20 heavy (non-hydrogen) atoms. The van der Waals surface area contributed by atoms with E-state index < -0.39 is 4.92 Å². The summed E-state index contributed by atoms with van der Waals surface area (Å²) in [5.41, 5.74) is 0.813. The molecule has 0 bridgehead atoms. The van der Waals surface area contributed by atoms with Gasteiger partial charge >= 0.3 is 5.69 Å². The van der Waals surface area contributed by atoms with Gasteiger partial charge in [-0.05, 0) is 13.8 Å². The minimum absolute atomic E-state index is 0.00494. The number of aromatic nitrogens is 3. The van der Waals surface area contributed by atoms with Crippen LogP contribution in [0.1, 0.15) is 17.8 Å². The zero-order valence-corrected chi connectivity index (χ0v) is 11.8. The fourth-order valence-corrected chi connectivity index (χ4v) is 2.39. The molecule has 0 aliphatic carbocycles. The van der Waals surface area contributed by atoms with Crippen molar-refractivity contribution in [2.75, 3.05) is 5.32 Å². The number of nitro groups is 1. The lowest BCUT2D eigenvalue weighted by Crippen LogP contribution is -2.15.